The molecule has 2 heterocycles. The summed E-state index contributed by atoms with van der Waals surface area (Å²) in [6.07, 6.45) is 2.00. The van der Waals surface area contributed by atoms with E-state index in [0.717, 1.165) is 11.3 Å². The molecule has 0 aliphatic rings. The van der Waals surface area contributed by atoms with E-state index in [9.17, 15) is 0 Å². The van der Waals surface area contributed by atoms with Gasteiger partial charge in [0.2, 0.25) is 0 Å². The largest absolute Gasteiger partial charge is 0.346 e. The van der Waals surface area contributed by atoms with Gasteiger partial charge in [-0.05, 0) is 38.0 Å². The molecule has 1 N–H and O–H groups in total. The van der Waals surface area contributed by atoms with E-state index >= 15 is 0 Å². The molecule has 0 saturated heterocycles. The Morgan fingerprint density at radius 2 is 1.71 bits per heavy atom. The fraction of sp³-hybridized carbons (Fsp3) is 0.417. The van der Waals surface area contributed by atoms with Gasteiger partial charge in [-0.2, -0.15) is 0 Å². The minimum absolute atomic E-state index is 0.996. The van der Waals surface area contributed by atoms with Crippen molar-refractivity contribution in [1.29, 1.82) is 0 Å². The quantitative estimate of drug-likeness (QED) is 0.676. The van der Waals surface area contributed by atoms with Crippen LogP contribution in [0.1, 0.15) is 30.7 Å². The molecule has 0 spiro atoms. The van der Waals surface area contributed by atoms with E-state index in [1.54, 1.807) is 0 Å². The Bertz CT molecular complexity index is 427. The highest BCUT2D eigenvalue weighted by Crippen LogP contribution is 2.18. The van der Waals surface area contributed by atoms with Gasteiger partial charge in [0, 0.05) is 17.3 Å². The van der Waals surface area contributed by atoms with E-state index in [2.05, 4.69) is 29.9 Å². The molecule has 76 valence electrons. The fourth-order valence-corrected chi connectivity index (χ4v) is 1.37. The normalized spacial score (nSPS) is 9.79. The number of nitrogens with one attached hydrogen (secondary N) is 1. The highest BCUT2D eigenvalue weighted by molar-refractivity contribution is 5.80. The zero-order valence-corrected chi connectivity index (χ0v) is 9.60. The summed E-state index contributed by atoms with van der Waals surface area (Å²) in [5.41, 5.74) is 4.62. The molecule has 0 unspecified atom stereocenters. The van der Waals surface area contributed by atoms with Crippen molar-refractivity contribution in [3.8, 4) is 0 Å². The van der Waals surface area contributed by atoms with E-state index in [1.165, 1.54) is 16.5 Å². The number of hydrogen-bond acceptors (Lipinski definition) is 1. The molecule has 14 heavy (non-hydrogen) atoms. The molecular weight excluding hydrogens is 172 g/mol. The molecule has 0 atom stereocenters. The Labute approximate surface area is 85.4 Å². The molecule has 2 heteroatoms. The molecule has 2 rings (SSSR count). The van der Waals surface area contributed by atoms with Crippen molar-refractivity contribution >= 4 is 11.0 Å². The first-order chi connectivity index (χ1) is 6.68. The molecule has 2 aromatic heterocycles. The maximum absolute atomic E-state index is 4.44. The van der Waals surface area contributed by atoms with E-state index in [-0.39, 0.29) is 0 Å². The monoisotopic (exact) mass is 190 g/mol. The van der Waals surface area contributed by atoms with E-state index < -0.39 is 0 Å². The molecular formula is C12H18N2. The summed E-state index contributed by atoms with van der Waals surface area (Å²) in [6.45, 7) is 10.2. The Morgan fingerprint density at radius 1 is 1.07 bits per heavy atom. The molecule has 0 amide bonds. The second-order valence-corrected chi connectivity index (χ2v) is 3.26. The molecule has 0 aliphatic heterocycles. The second kappa shape index (κ2) is 4.27. The van der Waals surface area contributed by atoms with Crippen LogP contribution in [0.15, 0.2) is 12.3 Å². The second-order valence-electron chi connectivity index (χ2n) is 3.26. The van der Waals surface area contributed by atoms with Crippen molar-refractivity contribution < 1.29 is 0 Å². The molecule has 0 aliphatic carbocycles. The van der Waals surface area contributed by atoms with Crippen LogP contribution in [0, 0.1) is 20.8 Å². The van der Waals surface area contributed by atoms with Gasteiger partial charge >= 0.3 is 0 Å². The number of H-pyrrole nitrogens is 1. The SMILES string of the molecule is CC.Cc1cc2c(C)c[nH]c2nc1C. The van der Waals surface area contributed by atoms with Crippen LogP contribution in [0.25, 0.3) is 11.0 Å². The topological polar surface area (TPSA) is 28.7 Å². The zero-order valence-electron chi connectivity index (χ0n) is 9.60. The predicted molar refractivity (Wildman–Crippen MR) is 61.7 cm³/mol. The summed E-state index contributed by atoms with van der Waals surface area (Å²) in [5.74, 6) is 0. The van der Waals surface area contributed by atoms with Crippen LogP contribution in [-0.4, -0.2) is 9.97 Å². The van der Waals surface area contributed by atoms with Gasteiger partial charge in [0.15, 0.2) is 0 Å². The third-order valence-electron chi connectivity index (χ3n) is 2.32. The number of fused-ring (bicyclic) bond motifs is 1. The van der Waals surface area contributed by atoms with Crippen LogP contribution in [0.2, 0.25) is 0 Å². The summed E-state index contributed by atoms with van der Waals surface area (Å²) in [4.78, 5) is 7.59. The summed E-state index contributed by atoms with van der Waals surface area (Å²) in [5, 5.41) is 1.23. The van der Waals surface area contributed by atoms with Crippen molar-refractivity contribution in [2.75, 3.05) is 0 Å². The lowest BCUT2D eigenvalue weighted by atomic mass is 10.1. The molecule has 0 bridgehead atoms. The lowest BCUT2D eigenvalue weighted by molar-refractivity contribution is 1.17. The molecule has 0 aromatic carbocycles. The van der Waals surface area contributed by atoms with Gasteiger partial charge in [-0.25, -0.2) is 4.98 Å². The van der Waals surface area contributed by atoms with Gasteiger partial charge in [-0.15, -0.1) is 0 Å². The van der Waals surface area contributed by atoms with Crippen LogP contribution in [0.5, 0.6) is 0 Å². The maximum Gasteiger partial charge on any atom is 0.137 e. The Balaban J connectivity index is 0.000000461. The Hall–Kier alpha value is -1.31. The smallest absolute Gasteiger partial charge is 0.137 e. The Kier molecular flexibility index (Phi) is 3.28. The lowest BCUT2D eigenvalue weighted by Crippen LogP contribution is -1.86. The van der Waals surface area contributed by atoms with Gasteiger partial charge < -0.3 is 4.98 Å². The summed E-state index contributed by atoms with van der Waals surface area (Å²) < 4.78 is 0. The average Bonchev–Trinajstić information content (AvgIpc) is 2.53. The lowest BCUT2D eigenvalue weighted by Gasteiger charge is -1.98. The van der Waals surface area contributed by atoms with Gasteiger partial charge in [0.1, 0.15) is 5.65 Å². The van der Waals surface area contributed by atoms with Crippen molar-refractivity contribution in [3.63, 3.8) is 0 Å². The molecule has 0 saturated carbocycles. The first-order valence-electron chi connectivity index (χ1n) is 5.10. The number of aromatic nitrogens is 2. The number of nitrogens with zero attached hydrogens (tertiary/aromatic N) is 1. The van der Waals surface area contributed by atoms with Crippen LogP contribution >= 0.6 is 0 Å². The van der Waals surface area contributed by atoms with E-state index in [0.29, 0.717) is 0 Å². The van der Waals surface area contributed by atoms with Crippen molar-refractivity contribution in [3.05, 3.63) is 29.1 Å². The van der Waals surface area contributed by atoms with Crippen LogP contribution in [-0.2, 0) is 0 Å². The third kappa shape index (κ3) is 1.79. The third-order valence-corrected chi connectivity index (χ3v) is 2.32. The number of hydrogen-bond donors (Lipinski definition) is 1. The maximum atomic E-state index is 4.44. The van der Waals surface area contributed by atoms with Gasteiger partial charge in [0.05, 0.1) is 0 Å². The average molecular weight is 190 g/mol. The molecule has 2 nitrogen and oxygen atoms in total. The first-order valence-corrected chi connectivity index (χ1v) is 5.10. The number of aryl methyl sites for hydroxylation is 3. The fourth-order valence-electron chi connectivity index (χ4n) is 1.37. The van der Waals surface area contributed by atoms with E-state index in [1.807, 2.05) is 27.0 Å². The first kappa shape index (κ1) is 10.8. The highest BCUT2D eigenvalue weighted by atomic mass is 14.8. The van der Waals surface area contributed by atoms with Gasteiger partial charge in [-0.3, -0.25) is 0 Å². The van der Waals surface area contributed by atoms with Crippen LogP contribution in [0.4, 0.5) is 0 Å². The zero-order chi connectivity index (χ0) is 10.7. The number of rotatable bonds is 0. The highest BCUT2D eigenvalue weighted by Gasteiger charge is 2.02. The summed E-state index contributed by atoms with van der Waals surface area (Å²) in [6, 6.07) is 2.18. The molecule has 0 fully saturated rings. The number of aromatic amines is 1. The Morgan fingerprint density at radius 3 is 2.36 bits per heavy atom. The molecule has 0 radical (unpaired) electrons. The minimum atomic E-state index is 0.996. The van der Waals surface area contributed by atoms with Crippen LogP contribution < -0.4 is 0 Å². The number of pyridine rings is 1. The van der Waals surface area contributed by atoms with Gasteiger partial charge in [0.25, 0.3) is 0 Å². The van der Waals surface area contributed by atoms with Crippen LogP contribution in [0.3, 0.4) is 0 Å². The van der Waals surface area contributed by atoms with Gasteiger partial charge in [-0.1, -0.05) is 13.8 Å². The van der Waals surface area contributed by atoms with E-state index in [4.69, 9.17) is 0 Å². The summed E-state index contributed by atoms with van der Waals surface area (Å²) in [7, 11) is 0. The van der Waals surface area contributed by atoms with Crippen molar-refractivity contribution in [2.45, 2.75) is 34.6 Å². The van der Waals surface area contributed by atoms with Crippen molar-refractivity contribution in [2.24, 2.45) is 0 Å². The summed E-state index contributed by atoms with van der Waals surface area (Å²) >= 11 is 0. The van der Waals surface area contributed by atoms with Crippen molar-refractivity contribution in [1.82, 2.24) is 9.97 Å². The standard InChI is InChI=1S/C10H12N2.C2H6/c1-6-4-9-7(2)5-11-10(9)12-8(6)3;1-2/h4-5H,1-3H3,(H,11,12);1-2H3. The molecule has 2 aromatic rings. The predicted octanol–water partition coefficient (Wildman–Crippen LogP) is 3.51. The minimum Gasteiger partial charge on any atom is -0.346 e.